The number of nitrogens with two attached hydrogens (primary N) is 1. The largest absolute Gasteiger partial charge is 0.384 e. The molecule has 2 rings (SSSR count). The number of nitrogens with one attached hydrogen (secondary N) is 1. The minimum absolute atomic E-state index is 0.0473. The average Bonchev–Trinajstić information content (AvgIpc) is 2.34. The van der Waals surface area contributed by atoms with Crippen LogP contribution in [0.4, 0.5) is 11.5 Å². The van der Waals surface area contributed by atoms with E-state index in [1.165, 1.54) is 18.3 Å². The van der Waals surface area contributed by atoms with Crippen LogP contribution in [0, 0.1) is 6.92 Å². The average molecular weight is 421 g/mol. The van der Waals surface area contributed by atoms with E-state index in [-0.39, 0.29) is 10.7 Å². The van der Waals surface area contributed by atoms with Crippen LogP contribution < -0.4 is 10.5 Å². The number of anilines is 2. The van der Waals surface area contributed by atoms with Crippen LogP contribution in [0.2, 0.25) is 0 Å². The maximum absolute atomic E-state index is 12.3. The number of halogens is 2. The summed E-state index contributed by atoms with van der Waals surface area (Å²) in [6.45, 7) is 1.91. The van der Waals surface area contributed by atoms with Gasteiger partial charge in [0.2, 0.25) is 0 Å². The zero-order chi connectivity index (χ0) is 14.9. The second-order valence-corrected chi connectivity index (χ2v) is 7.52. The predicted octanol–water partition coefficient (Wildman–Crippen LogP) is 3.30. The molecule has 0 aliphatic heterocycles. The molecule has 0 saturated carbocycles. The third kappa shape index (κ3) is 3.31. The van der Waals surface area contributed by atoms with Gasteiger partial charge in [-0.2, -0.15) is 0 Å². The van der Waals surface area contributed by atoms with Gasteiger partial charge in [0.15, 0.2) is 0 Å². The van der Waals surface area contributed by atoms with Crippen LogP contribution in [0.3, 0.4) is 0 Å². The summed E-state index contributed by atoms with van der Waals surface area (Å²) in [5.74, 6) is 0.265. The fourth-order valence-corrected chi connectivity index (χ4v) is 4.46. The molecular weight excluding hydrogens is 410 g/mol. The van der Waals surface area contributed by atoms with Gasteiger partial charge in [0, 0.05) is 15.1 Å². The van der Waals surface area contributed by atoms with Crippen LogP contribution in [0.15, 0.2) is 44.3 Å². The molecule has 1 heterocycles. The van der Waals surface area contributed by atoms with Gasteiger partial charge in [-0.1, -0.05) is 0 Å². The van der Waals surface area contributed by atoms with Crippen LogP contribution in [0.25, 0.3) is 0 Å². The predicted molar refractivity (Wildman–Crippen MR) is 86.0 cm³/mol. The highest BCUT2D eigenvalue weighted by atomic mass is 79.9. The van der Waals surface area contributed by atoms with Crippen molar-refractivity contribution in [1.82, 2.24) is 4.98 Å². The van der Waals surface area contributed by atoms with Gasteiger partial charge in [0.25, 0.3) is 10.0 Å². The first-order chi connectivity index (χ1) is 9.29. The van der Waals surface area contributed by atoms with Crippen molar-refractivity contribution >= 4 is 53.4 Å². The Kier molecular flexibility index (Phi) is 4.36. The smallest absolute Gasteiger partial charge is 0.263 e. The molecule has 0 fully saturated rings. The summed E-state index contributed by atoms with van der Waals surface area (Å²) in [6.07, 6.45) is 1.22. The van der Waals surface area contributed by atoms with Gasteiger partial charge in [0.1, 0.15) is 10.7 Å². The van der Waals surface area contributed by atoms with Crippen molar-refractivity contribution in [3.8, 4) is 0 Å². The first kappa shape index (κ1) is 15.3. The Morgan fingerprint density at radius 1 is 1.20 bits per heavy atom. The normalized spacial score (nSPS) is 11.3. The number of nitrogen functional groups attached to an aromatic ring is 1. The molecule has 3 N–H and O–H groups in total. The number of aromatic nitrogens is 1. The fraction of sp³-hybridized carbons (Fsp3) is 0.0833. The van der Waals surface area contributed by atoms with Crippen LogP contribution >= 0.6 is 31.9 Å². The number of hydrogen-bond acceptors (Lipinski definition) is 4. The first-order valence-corrected chi connectivity index (χ1v) is 8.56. The Labute approximate surface area is 133 Å². The standard InChI is InChI=1S/C12H11Br2N3O2S/c1-7-4-9(13)12(10(14)5-7)17-20(18,19)8-2-3-11(15)16-6-8/h2-6,17H,1H3,(H2,15,16). The minimum atomic E-state index is -3.72. The zero-order valence-corrected chi connectivity index (χ0v) is 14.4. The number of sulfonamides is 1. The molecule has 0 spiro atoms. The summed E-state index contributed by atoms with van der Waals surface area (Å²) in [5.41, 5.74) is 6.88. The van der Waals surface area contributed by atoms with Gasteiger partial charge in [-0.15, -0.1) is 0 Å². The number of nitrogens with zero attached hydrogens (tertiary/aromatic N) is 1. The second-order valence-electron chi connectivity index (χ2n) is 4.13. The molecule has 0 aliphatic carbocycles. The lowest BCUT2D eigenvalue weighted by molar-refractivity contribution is 0.601. The van der Waals surface area contributed by atoms with Gasteiger partial charge in [-0.3, -0.25) is 4.72 Å². The van der Waals surface area contributed by atoms with Crippen LogP contribution in [-0.2, 0) is 10.0 Å². The molecule has 1 aromatic heterocycles. The van der Waals surface area contributed by atoms with Crippen LogP contribution in [0.5, 0.6) is 0 Å². The molecule has 0 saturated heterocycles. The molecule has 1 aromatic carbocycles. The summed E-state index contributed by atoms with van der Waals surface area (Å²) < 4.78 is 28.4. The summed E-state index contributed by atoms with van der Waals surface area (Å²) >= 11 is 6.68. The monoisotopic (exact) mass is 419 g/mol. The van der Waals surface area contributed by atoms with E-state index in [9.17, 15) is 8.42 Å². The number of rotatable bonds is 3. The molecular formula is C12H11Br2N3O2S. The lowest BCUT2D eigenvalue weighted by Gasteiger charge is -2.12. The SMILES string of the molecule is Cc1cc(Br)c(NS(=O)(=O)c2ccc(N)nc2)c(Br)c1. The Hall–Kier alpha value is -1.12. The van der Waals surface area contributed by atoms with Crippen molar-refractivity contribution in [3.63, 3.8) is 0 Å². The maximum Gasteiger partial charge on any atom is 0.263 e. The molecule has 5 nitrogen and oxygen atoms in total. The number of pyridine rings is 1. The molecule has 106 valence electrons. The highest BCUT2D eigenvalue weighted by Crippen LogP contribution is 2.33. The fourth-order valence-electron chi connectivity index (χ4n) is 1.54. The number of benzene rings is 1. The summed E-state index contributed by atoms with van der Waals surface area (Å²) in [6, 6.07) is 6.49. The molecule has 2 aromatic rings. The van der Waals surface area contributed by atoms with E-state index in [2.05, 4.69) is 41.6 Å². The molecule has 8 heteroatoms. The lowest BCUT2D eigenvalue weighted by Crippen LogP contribution is -2.14. The highest BCUT2D eigenvalue weighted by Gasteiger charge is 2.18. The van der Waals surface area contributed by atoms with E-state index >= 15 is 0 Å². The van der Waals surface area contributed by atoms with E-state index in [1.807, 2.05) is 19.1 Å². The Morgan fingerprint density at radius 3 is 2.30 bits per heavy atom. The van der Waals surface area contributed by atoms with E-state index in [1.54, 1.807) is 0 Å². The molecule has 0 radical (unpaired) electrons. The van der Waals surface area contributed by atoms with Gasteiger partial charge < -0.3 is 5.73 Å². The summed E-state index contributed by atoms with van der Waals surface area (Å²) in [4.78, 5) is 3.83. The van der Waals surface area contributed by atoms with Crippen LogP contribution in [0.1, 0.15) is 5.56 Å². The van der Waals surface area contributed by atoms with Gasteiger partial charge in [-0.05, 0) is 68.6 Å². The number of hydrogen-bond donors (Lipinski definition) is 2. The lowest BCUT2D eigenvalue weighted by atomic mass is 10.2. The van der Waals surface area contributed by atoms with E-state index in [0.29, 0.717) is 14.6 Å². The molecule has 0 bridgehead atoms. The van der Waals surface area contributed by atoms with Crippen molar-refractivity contribution in [2.24, 2.45) is 0 Å². The first-order valence-electron chi connectivity index (χ1n) is 5.49. The van der Waals surface area contributed by atoms with E-state index in [4.69, 9.17) is 5.73 Å². The van der Waals surface area contributed by atoms with Crippen molar-refractivity contribution in [2.75, 3.05) is 10.5 Å². The summed E-state index contributed by atoms with van der Waals surface area (Å²) in [7, 11) is -3.72. The van der Waals surface area contributed by atoms with E-state index in [0.717, 1.165) is 5.56 Å². The van der Waals surface area contributed by atoms with Gasteiger partial charge >= 0.3 is 0 Å². The van der Waals surface area contributed by atoms with Crippen molar-refractivity contribution in [2.45, 2.75) is 11.8 Å². The Bertz CT molecular complexity index is 723. The number of aryl methyl sites for hydroxylation is 1. The van der Waals surface area contributed by atoms with E-state index < -0.39 is 10.0 Å². The molecule has 0 atom stereocenters. The Morgan fingerprint density at radius 2 is 1.80 bits per heavy atom. The second kappa shape index (κ2) is 5.71. The Balaban J connectivity index is 2.41. The zero-order valence-electron chi connectivity index (χ0n) is 10.4. The van der Waals surface area contributed by atoms with Gasteiger partial charge in [-0.25, -0.2) is 13.4 Å². The third-order valence-electron chi connectivity index (χ3n) is 2.49. The molecule has 0 amide bonds. The van der Waals surface area contributed by atoms with Gasteiger partial charge in [0.05, 0.1) is 5.69 Å². The minimum Gasteiger partial charge on any atom is -0.384 e. The molecule has 0 unspecified atom stereocenters. The highest BCUT2D eigenvalue weighted by molar-refractivity contribution is 9.11. The van der Waals surface area contributed by atoms with Crippen molar-refractivity contribution in [1.29, 1.82) is 0 Å². The maximum atomic E-state index is 12.3. The molecule has 0 aliphatic rings. The molecule has 20 heavy (non-hydrogen) atoms. The van der Waals surface area contributed by atoms with Crippen molar-refractivity contribution < 1.29 is 8.42 Å². The van der Waals surface area contributed by atoms with Crippen LogP contribution in [-0.4, -0.2) is 13.4 Å². The quantitative estimate of drug-likeness (QED) is 0.797. The van der Waals surface area contributed by atoms with Crippen molar-refractivity contribution in [3.05, 3.63) is 45.0 Å². The topological polar surface area (TPSA) is 85.1 Å². The summed E-state index contributed by atoms with van der Waals surface area (Å²) in [5, 5.41) is 0. The third-order valence-corrected chi connectivity index (χ3v) is 5.08.